The number of nitrogens with two attached hydrogens (primary N) is 1. The van der Waals surface area contributed by atoms with E-state index in [2.05, 4.69) is 20.5 Å². The fourth-order valence-corrected chi connectivity index (χ4v) is 3.08. The van der Waals surface area contributed by atoms with Crippen LogP contribution in [-0.4, -0.2) is 55.9 Å². The number of rotatable bonds is 6. The topological polar surface area (TPSA) is 99.8 Å². The monoisotopic (exact) mass is 345 g/mol. The standard InChI is InChI=1S/C18H27N5O2/c1-20-18(23-11-5-6-14(13-23)12-16(19)24)22-10-9-21-17(25)15-7-3-2-4-8-15/h2-4,7-8,14H,5-6,9-13H2,1H3,(H2,19,24)(H,20,22)(H,21,25). The Labute approximate surface area is 148 Å². The van der Waals surface area contributed by atoms with Crippen molar-refractivity contribution < 1.29 is 9.59 Å². The van der Waals surface area contributed by atoms with Crippen LogP contribution in [0.3, 0.4) is 0 Å². The van der Waals surface area contributed by atoms with E-state index in [1.54, 1.807) is 19.2 Å². The fourth-order valence-electron chi connectivity index (χ4n) is 3.08. The van der Waals surface area contributed by atoms with Crippen molar-refractivity contribution in [1.29, 1.82) is 0 Å². The highest BCUT2D eigenvalue weighted by atomic mass is 16.2. The van der Waals surface area contributed by atoms with E-state index in [1.807, 2.05) is 18.2 Å². The van der Waals surface area contributed by atoms with E-state index in [4.69, 9.17) is 5.73 Å². The minimum absolute atomic E-state index is 0.0862. The van der Waals surface area contributed by atoms with Gasteiger partial charge in [0.25, 0.3) is 5.91 Å². The number of amides is 2. The number of hydrogen-bond donors (Lipinski definition) is 3. The highest BCUT2D eigenvalue weighted by Gasteiger charge is 2.23. The zero-order valence-electron chi connectivity index (χ0n) is 14.7. The molecule has 1 fully saturated rings. The molecule has 1 unspecified atom stereocenters. The van der Waals surface area contributed by atoms with Crippen LogP contribution in [0.2, 0.25) is 0 Å². The highest BCUT2D eigenvalue weighted by Crippen LogP contribution is 2.19. The van der Waals surface area contributed by atoms with Gasteiger partial charge in [-0.2, -0.15) is 0 Å². The second kappa shape index (κ2) is 9.66. The third-order valence-corrected chi connectivity index (χ3v) is 4.25. The second-order valence-electron chi connectivity index (χ2n) is 6.22. The summed E-state index contributed by atoms with van der Waals surface area (Å²) in [6, 6.07) is 9.14. The molecule has 2 amide bonds. The lowest BCUT2D eigenvalue weighted by atomic mass is 9.95. The predicted molar refractivity (Wildman–Crippen MR) is 98.2 cm³/mol. The molecule has 4 N–H and O–H groups in total. The van der Waals surface area contributed by atoms with Gasteiger partial charge in [0.2, 0.25) is 5.91 Å². The van der Waals surface area contributed by atoms with Gasteiger partial charge >= 0.3 is 0 Å². The van der Waals surface area contributed by atoms with E-state index in [0.717, 1.165) is 31.9 Å². The van der Waals surface area contributed by atoms with E-state index >= 15 is 0 Å². The number of likely N-dealkylation sites (tertiary alicyclic amines) is 1. The first-order valence-corrected chi connectivity index (χ1v) is 8.67. The molecule has 0 aromatic heterocycles. The molecule has 0 saturated carbocycles. The average Bonchev–Trinajstić information content (AvgIpc) is 2.62. The number of carbonyl (C=O) groups is 2. The summed E-state index contributed by atoms with van der Waals surface area (Å²) in [6.45, 7) is 2.78. The van der Waals surface area contributed by atoms with Crippen LogP contribution in [0, 0.1) is 5.92 Å². The molecule has 1 aromatic rings. The zero-order valence-corrected chi connectivity index (χ0v) is 14.7. The van der Waals surface area contributed by atoms with Crippen molar-refractivity contribution in [1.82, 2.24) is 15.5 Å². The Morgan fingerprint density at radius 1 is 1.24 bits per heavy atom. The zero-order chi connectivity index (χ0) is 18.1. The van der Waals surface area contributed by atoms with Gasteiger partial charge in [-0.25, -0.2) is 0 Å². The van der Waals surface area contributed by atoms with Crippen molar-refractivity contribution >= 4 is 17.8 Å². The van der Waals surface area contributed by atoms with E-state index < -0.39 is 0 Å². The summed E-state index contributed by atoms with van der Waals surface area (Å²) in [5, 5.41) is 6.14. The molecule has 1 atom stereocenters. The van der Waals surface area contributed by atoms with Crippen LogP contribution in [0.4, 0.5) is 0 Å². The van der Waals surface area contributed by atoms with Crippen molar-refractivity contribution in [2.24, 2.45) is 16.6 Å². The minimum atomic E-state index is -0.251. The molecule has 0 spiro atoms. The van der Waals surface area contributed by atoms with Gasteiger partial charge in [0, 0.05) is 45.2 Å². The molecule has 7 heteroatoms. The maximum Gasteiger partial charge on any atom is 0.251 e. The summed E-state index contributed by atoms with van der Waals surface area (Å²) in [4.78, 5) is 29.6. The number of nitrogens with zero attached hydrogens (tertiary/aromatic N) is 2. The van der Waals surface area contributed by atoms with Crippen molar-refractivity contribution in [3.63, 3.8) is 0 Å². The van der Waals surface area contributed by atoms with Gasteiger partial charge in [0.15, 0.2) is 5.96 Å². The highest BCUT2D eigenvalue weighted by molar-refractivity contribution is 5.94. The number of nitrogens with one attached hydrogen (secondary N) is 2. The minimum Gasteiger partial charge on any atom is -0.370 e. The molecule has 1 heterocycles. The predicted octanol–water partition coefficient (Wildman–Crippen LogP) is 0.579. The lowest BCUT2D eigenvalue weighted by Crippen LogP contribution is -2.48. The van der Waals surface area contributed by atoms with E-state index in [-0.39, 0.29) is 17.7 Å². The van der Waals surface area contributed by atoms with E-state index in [9.17, 15) is 9.59 Å². The molecule has 1 aliphatic rings. The Bertz CT molecular complexity index is 603. The van der Waals surface area contributed by atoms with Crippen LogP contribution >= 0.6 is 0 Å². The molecule has 7 nitrogen and oxygen atoms in total. The lowest BCUT2D eigenvalue weighted by Gasteiger charge is -2.34. The van der Waals surface area contributed by atoms with Crippen molar-refractivity contribution in [3.8, 4) is 0 Å². The first kappa shape index (κ1) is 18.8. The maximum atomic E-state index is 12.0. The van der Waals surface area contributed by atoms with Gasteiger partial charge < -0.3 is 21.3 Å². The average molecular weight is 345 g/mol. The smallest absolute Gasteiger partial charge is 0.251 e. The normalized spacial score (nSPS) is 17.9. The van der Waals surface area contributed by atoms with Gasteiger partial charge in [-0.15, -0.1) is 0 Å². The Morgan fingerprint density at radius 2 is 1.96 bits per heavy atom. The van der Waals surface area contributed by atoms with Gasteiger partial charge in [0.1, 0.15) is 0 Å². The third-order valence-electron chi connectivity index (χ3n) is 4.25. The van der Waals surface area contributed by atoms with Crippen LogP contribution in [0.25, 0.3) is 0 Å². The van der Waals surface area contributed by atoms with E-state index in [1.165, 1.54) is 0 Å². The Balaban J connectivity index is 1.74. The van der Waals surface area contributed by atoms with Gasteiger partial charge in [-0.05, 0) is 30.9 Å². The summed E-state index contributed by atoms with van der Waals surface area (Å²) in [5.74, 6) is 0.737. The number of primary amides is 1. The molecule has 1 aliphatic heterocycles. The first-order chi connectivity index (χ1) is 12.1. The molecule has 1 aromatic carbocycles. The number of guanidine groups is 1. The molecule has 25 heavy (non-hydrogen) atoms. The number of piperidine rings is 1. The lowest BCUT2D eigenvalue weighted by molar-refractivity contribution is -0.119. The third kappa shape index (κ3) is 6.10. The summed E-state index contributed by atoms with van der Waals surface area (Å²) < 4.78 is 0. The van der Waals surface area contributed by atoms with Crippen LogP contribution < -0.4 is 16.4 Å². The van der Waals surface area contributed by atoms with Crippen molar-refractivity contribution in [2.75, 3.05) is 33.2 Å². The van der Waals surface area contributed by atoms with Gasteiger partial charge in [0.05, 0.1) is 0 Å². The number of hydrogen-bond acceptors (Lipinski definition) is 3. The molecule has 0 radical (unpaired) electrons. The SMILES string of the molecule is CN=C(NCCNC(=O)c1ccccc1)N1CCCC(CC(N)=O)C1. The number of carbonyl (C=O) groups excluding carboxylic acids is 2. The largest absolute Gasteiger partial charge is 0.370 e. The van der Waals surface area contributed by atoms with Crippen LogP contribution in [0.15, 0.2) is 35.3 Å². The van der Waals surface area contributed by atoms with Gasteiger partial charge in [-0.1, -0.05) is 18.2 Å². The summed E-state index contributed by atoms with van der Waals surface area (Å²) in [7, 11) is 1.74. The van der Waals surface area contributed by atoms with Crippen LogP contribution in [0.5, 0.6) is 0 Å². The molecule has 1 saturated heterocycles. The Hall–Kier alpha value is -2.57. The van der Waals surface area contributed by atoms with Crippen molar-refractivity contribution in [2.45, 2.75) is 19.3 Å². The maximum absolute atomic E-state index is 12.0. The Morgan fingerprint density at radius 3 is 2.64 bits per heavy atom. The van der Waals surface area contributed by atoms with Crippen LogP contribution in [0.1, 0.15) is 29.6 Å². The quantitative estimate of drug-likeness (QED) is 0.399. The Kier molecular flexibility index (Phi) is 7.25. The first-order valence-electron chi connectivity index (χ1n) is 8.67. The molecular formula is C18H27N5O2. The number of benzene rings is 1. The second-order valence-corrected chi connectivity index (χ2v) is 6.22. The van der Waals surface area contributed by atoms with Gasteiger partial charge in [-0.3, -0.25) is 14.6 Å². The molecule has 0 bridgehead atoms. The number of aliphatic imine (C=N–C) groups is 1. The summed E-state index contributed by atoms with van der Waals surface area (Å²) in [6.07, 6.45) is 2.45. The molecule has 0 aliphatic carbocycles. The molecule has 2 rings (SSSR count). The molecule has 136 valence electrons. The summed E-state index contributed by atoms with van der Waals surface area (Å²) in [5.41, 5.74) is 5.96. The molecular weight excluding hydrogens is 318 g/mol. The van der Waals surface area contributed by atoms with Crippen molar-refractivity contribution in [3.05, 3.63) is 35.9 Å². The van der Waals surface area contributed by atoms with Crippen LogP contribution in [-0.2, 0) is 4.79 Å². The fraction of sp³-hybridized carbons (Fsp3) is 0.500. The summed E-state index contributed by atoms with van der Waals surface area (Å²) >= 11 is 0. The van der Waals surface area contributed by atoms with E-state index in [0.29, 0.717) is 25.1 Å².